The molecule has 0 spiro atoms. The van der Waals surface area contributed by atoms with E-state index in [-0.39, 0.29) is 6.07 Å². The van der Waals surface area contributed by atoms with Crippen molar-refractivity contribution in [3.63, 3.8) is 0 Å². The highest BCUT2D eigenvalue weighted by Gasteiger charge is 2.39. The molecule has 2 rings (SSSR count). The Hall–Kier alpha value is -2.46. The van der Waals surface area contributed by atoms with Crippen molar-refractivity contribution in [1.82, 2.24) is 0 Å². The molecule has 0 aromatic heterocycles. The molecule has 1 unspecified atom stereocenters. The molecular formula is C17H11F9O2. The van der Waals surface area contributed by atoms with E-state index in [0.29, 0.717) is 24.3 Å². The van der Waals surface area contributed by atoms with E-state index < -0.39 is 64.9 Å². The van der Waals surface area contributed by atoms with Gasteiger partial charge in [0.1, 0.15) is 12.4 Å². The van der Waals surface area contributed by atoms with Crippen molar-refractivity contribution >= 4 is 5.78 Å². The highest BCUT2D eigenvalue weighted by molar-refractivity contribution is 5.95. The molecule has 154 valence electrons. The molecule has 28 heavy (non-hydrogen) atoms. The average molecular weight is 418 g/mol. The van der Waals surface area contributed by atoms with Crippen molar-refractivity contribution < 1.29 is 49.0 Å². The molecule has 0 amide bonds. The second-order valence-electron chi connectivity index (χ2n) is 5.92. The molecule has 1 atom stereocenters. The summed E-state index contributed by atoms with van der Waals surface area (Å²) in [5, 5.41) is 0. The molecule has 0 saturated heterocycles. The summed E-state index contributed by atoms with van der Waals surface area (Å²) in [6, 6.07) is 0.824. The number of carbonyl (C=O) groups is 1. The van der Waals surface area contributed by atoms with Gasteiger partial charge in [0.15, 0.2) is 5.78 Å². The zero-order valence-corrected chi connectivity index (χ0v) is 13.9. The number of carbonyl (C=O) groups excluding carboxylic acids is 1. The summed E-state index contributed by atoms with van der Waals surface area (Å²) in [4.78, 5) is 11.7. The van der Waals surface area contributed by atoms with Gasteiger partial charge in [-0.1, -0.05) is 6.07 Å². The molecule has 1 aromatic rings. The fraction of sp³-hybridized carbons (Fsp3) is 0.353. The minimum Gasteiger partial charge on any atom is -0.492 e. The van der Waals surface area contributed by atoms with Gasteiger partial charge < -0.3 is 4.74 Å². The Kier molecular flexibility index (Phi) is 5.59. The first kappa shape index (κ1) is 21.8. The van der Waals surface area contributed by atoms with Gasteiger partial charge in [-0.25, -0.2) is 0 Å². The Morgan fingerprint density at radius 3 is 2.00 bits per heavy atom. The fourth-order valence-electron chi connectivity index (χ4n) is 2.37. The van der Waals surface area contributed by atoms with Crippen molar-refractivity contribution in [2.75, 3.05) is 0 Å². The summed E-state index contributed by atoms with van der Waals surface area (Å²) in [7, 11) is 0. The predicted molar refractivity (Wildman–Crippen MR) is 77.6 cm³/mol. The van der Waals surface area contributed by atoms with Crippen LogP contribution in [0.5, 0.6) is 0 Å². The van der Waals surface area contributed by atoms with Crippen LogP contribution in [0.1, 0.15) is 23.6 Å². The normalized spacial score (nSPS) is 18.6. The summed E-state index contributed by atoms with van der Waals surface area (Å²) in [5.41, 5.74) is -5.23. The van der Waals surface area contributed by atoms with E-state index in [1.807, 2.05) is 0 Å². The first-order chi connectivity index (χ1) is 12.6. The number of allylic oxidation sites excluding steroid dienone is 4. The zero-order chi connectivity index (χ0) is 21.5. The van der Waals surface area contributed by atoms with Crippen LogP contribution in [-0.2, 0) is 28.5 Å². The van der Waals surface area contributed by atoms with Crippen LogP contribution in [0.2, 0.25) is 0 Å². The minimum absolute atomic E-state index is 0.108. The molecule has 0 radical (unpaired) electrons. The first-order valence-corrected chi connectivity index (χ1v) is 7.55. The Labute approximate surface area is 152 Å². The predicted octanol–water partition coefficient (Wildman–Crippen LogP) is 5.83. The number of ketones is 1. The van der Waals surface area contributed by atoms with E-state index in [0.717, 1.165) is 0 Å². The van der Waals surface area contributed by atoms with Gasteiger partial charge in [-0.15, -0.1) is 0 Å². The third kappa shape index (κ3) is 4.87. The summed E-state index contributed by atoms with van der Waals surface area (Å²) in [6.07, 6.45) is -14.2. The Balaban J connectivity index is 2.35. The van der Waals surface area contributed by atoms with Gasteiger partial charge in [0.2, 0.25) is 0 Å². The summed E-state index contributed by atoms with van der Waals surface area (Å²) < 4.78 is 121. The second kappa shape index (κ2) is 7.17. The van der Waals surface area contributed by atoms with E-state index in [2.05, 4.69) is 0 Å². The van der Waals surface area contributed by atoms with E-state index >= 15 is 0 Å². The standard InChI is InChI=1S/C17H11F9O2/c1-8-13(27)5-11(16(21,22)23)6-14(8)28-7-9-2-3-10(15(18,19)20)4-12(9)17(24,25)26/h2-6,8H,7H2,1H3. The van der Waals surface area contributed by atoms with E-state index in [4.69, 9.17) is 4.74 Å². The average Bonchev–Trinajstić information content (AvgIpc) is 2.53. The van der Waals surface area contributed by atoms with E-state index in [9.17, 15) is 44.3 Å². The lowest BCUT2D eigenvalue weighted by molar-refractivity contribution is -0.143. The van der Waals surface area contributed by atoms with Gasteiger partial charge in [-0.2, -0.15) is 39.5 Å². The third-order valence-corrected chi connectivity index (χ3v) is 3.91. The van der Waals surface area contributed by atoms with Crippen molar-refractivity contribution in [3.8, 4) is 0 Å². The number of hydrogen-bond donors (Lipinski definition) is 0. The Morgan fingerprint density at radius 1 is 0.893 bits per heavy atom. The molecular weight excluding hydrogens is 407 g/mol. The van der Waals surface area contributed by atoms with Gasteiger partial charge >= 0.3 is 18.5 Å². The number of ether oxygens (including phenoxy) is 1. The number of rotatable bonds is 3. The second-order valence-corrected chi connectivity index (χ2v) is 5.92. The van der Waals surface area contributed by atoms with Gasteiger partial charge in [0.25, 0.3) is 0 Å². The van der Waals surface area contributed by atoms with Crippen LogP contribution >= 0.6 is 0 Å². The number of hydrogen-bond acceptors (Lipinski definition) is 2. The highest BCUT2D eigenvalue weighted by atomic mass is 19.4. The maximum atomic E-state index is 13.1. The van der Waals surface area contributed by atoms with Crippen molar-refractivity contribution in [3.05, 3.63) is 58.4 Å². The molecule has 0 bridgehead atoms. The Morgan fingerprint density at radius 2 is 1.50 bits per heavy atom. The van der Waals surface area contributed by atoms with Gasteiger partial charge in [0, 0.05) is 5.56 Å². The van der Waals surface area contributed by atoms with Gasteiger partial charge in [-0.3, -0.25) is 4.79 Å². The molecule has 0 saturated carbocycles. The maximum absolute atomic E-state index is 13.1. The third-order valence-electron chi connectivity index (χ3n) is 3.91. The molecule has 0 aliphatic heterocycles. The van der Waals surface area contributed by atoms with Gasteiger partial charge in [-0.05, 0) is 31.2 Å². The van der Waals surface area contributed by atoms with Crippen LogP contribution in [0.25, 0.3) is 0 Å². The number of benzene rings is 1. The molecule has 1 aromatic carbocycles. The lowest BCUT2D eigenvalue weighted by Gasteiger charge is -2.22. The molecule has 2 nitrogen and oxygen atoms in total. The van der Waals surface area contributed by atoms with Crippen LogP contribution < -0.4 is 0 Å². The topological polar surface area (TPSA) is 26.3 Å². The number of halogens is 9. The van der Waals surface area contributed by atoms with Crippen LogP contribution in [-0.4, -0.2) is 12.0 Å². The van der Waals surface area contributed by atoms with E-state index in [1.165, 1.54) is 6.92 Å². The zero-order valence-electron chi connectivity index (χ0n) is 13.9. The smallest absolute Gasteiger partial charge is 0.416 e. The molecule has 11 heteroatoms. The highest BCUT2D eigenvalue weighted by Crippen LogP contribution is 2.38. The Bertz CT molecular complexity index is 827. The van der Waals surface area contributed by atoms with Crippen molar-refractivity contribution in [2.45, 2.75) is 32.1 Å². The minimum atomic E-state index is -5.15. The van der Waals surface area contributed by atoms with Crippen LogP contribution in [0.3, 0.4) is 0 Å². The summed E-state index contributed by atoms with van der Waals surface area (Å²) in [5.74, 6) is -2.68. The largest absolute Gasteiger partial charge is 0.492 e. The maximum Gasteiger partial charge on any atom is 0.416 e. The van der Waals surface area contributed by atoms with Crippen molar-refractivity contribution in [2.24, 2.45) is 5.92 Å². The molecule has 1 aliphatic carbocycles. The monoisotopic (exact) mass is 418 g/mol. The van der Waals surface area contributed by atoms with Crippen molar-refractivity contribution in [1.29, 1.82) is 0 Å². The summed E-state index contributed by atoms with van der Waals surface area (Å²) in [6.45, 7) is 0.219. The fourth-order valence-corrected chi connectivity index (χ4v) is 2.37. The van der Waals surface area contributed by atoms with Crippen LogP contribution in [0, 0.1) is 5.92 Å². The molecule has 0 N–H and O–H groups in total. The molecule has 0 heterocycles. The lowest BCUT2D eigenvalue weighted by Crippen LogP contribution is -2.23. The molecule has 1 aliphatic rings. The van der Waals surface area contributed by atoms with Gasteiger partial charge in [0.05, 0.1) is 22.6 Å². The van der Waals surface area contributed by atoms with Crippen LogP contribution in [0.4, 0.5) is 39.5 Å². The lowest BCUT2D eigenvalue weighted by atomic mass is 9.94. The van der Waals surface area contributed by atoms with E-state index in [1.54, 1.807) is 0 Å². The van der Waals surface area contributed by atoms with Crippen LogP contribution in [0.15, 0.2) is 41.7 Å². The molecule has 0 fully saturated rings. The quantitative estimate of drug-likeness (QED) is 0.578. The summed E-state index contributed by atoms with van der Waals surface area (Å²) >= 11 is 0. The first-order valence-electron chi connectivity index (χ1n) is 7.55. The SMILES string of the molecule is CC1C(=O)C=C(C(F)(F)F)C=C1OCc1ccc(C(F)(F)F)cc1C(F)(F)F. The number of alkyl halides is 9.